The van der Waals surface area contributed by atoms with E-state index in [1.54, 1.807) is 10.9 Å². The fourth-order valence-electron chi connectivity index (χ4n) is 2.42. The van der Waals surface area contributed by atoms with Crippen LogP contribution in [0.5, 0.6) is 0 Å². The average molecular weight is 392 g/mol. The van der Waals surface area contributed by atoms with Crippen molar-refractivity contribution in [2.24, 2.45) is 0 Å². The zero-order valence-electron chi connectivity index (χ0n) is 14.0. The zero-order chi connectivity index (χ0) is 18.9. The average Bonchev–Trinajstić information content (AvgIpc) is 3.24. The number of nitrogens with zero attached hydrogens (tertiary/aromatic N) is 3. The van der Waals surface area contributed by atoms with E-state index in [1.165, 1.54) is 0 Å². The molecular weight excluding hydrogens is 376 g/mol. The summed E-state index contributed by atoms with van der Waals surface area (Å²) in [6, 6.07) is 10.2. The minimum absolute atomic E-state index is 0.0378. The van der Waals surface area contributed by atoms with Crippen LogP contribution in [0.2, 0.25) is 0 Å². The third-order valence-electron chi connectivity index (χ3n) is 3.74. The number of anilines is 1. The van der Waals surface area contributed by atoms with Gasteiger partial charge in [0.15, 0.2) is 14.8 Å². The second-order valence-electron chi connectivity index (χ2n) is 5.72. The van der Waals surface area contributed by atoms with Gasteiger partial charge in [0.25, 0.3) is 0 Å². The van der Waals surface area contributed by atoms with Gasteiger partial charge in [-0.1, -0.05) is 23.5 Å². The number of sulfone groups is 1. The molecule has 0 fully saturated rings. The highest BCUT2D eigenvalue weighted by Gasteiger charge is 2.25. The highest BCUT2D eigenvalue weighted by molar-refractivity contribution is 7.92. The molecule has 0 amide bonds. The first-order valence-electron chi connectivity index (χ1n) is 7.60. The number of nitro groups is 1. The summed E-state index contributed by atoms with van der Waals surface area (Å²) in [5.74, 6) is 0. The number of aromatic nitrogens is 2. The van der Waals surface area contributed by atoms with E-state index in [9.17, 15) is 18.5 Å². The Morgan fingerprint density at radius 2 is 2.08 bits per heavy atom. The molecule has 0 bridgehead atoms. The summed E-state index contributed by atoms with van der Waals surface area (Å²) >= 11 is 0.861. The SMILES string of the molecule is C[C@H](Nc1sc(S(C)(=O)=O)cc1[N+](=O)[O-])c1cccc(-n2cccn2)c1. The fraction of sp³-hybridized carbons (Fsp3) is 0.188. The summed E-state index contributed by atoms with van der Waals surface area (Å²) in [7, 11) is -3.51. The van der Waals surface area contributed by atoms with Gasteiger partial charge in [0.1, 0.15) is 4.21 Å². The number of nitrogens with one attached hydrogen (secondary N) is 1. The minimum atomic E-state index is -3.51. The standard InChI is InChI=1S/C16H16N4O4S2/c1-11(12-5-3-6-13(9-12)19-8-4-7-17-19)18-16-14(20(21)22)10-15(25-16)26(2,23)24/h3-11,18H,1-2H3/t11-/m0/s1. The Morgan fingerprint density at radius 1 is 1.31 bits per heavy atom. The molecule has 0 saturated carbocycles. The summed E-state index contributed by atoms with van der Waals surface area (Å²) in [6.45, 7) is 1.85. The molecule has 0 aliphatic rings. The summed E-state index contributed by atoms with van der Waals surface area (Å²) in [6.07, 6.45) is 4.53. The molecule has 1 N–H and O–H groups in total. The number of hydrogen-bond donors (Lipinski definition) is 1. The van der Waals surface area contributed by atoms with E-state index in [-0.39, 0.29) is 20.9 Å². The fourth-order valence-corrected chi connectivity index (χ4v) is 4.45. The lowest BCUT2D eigenvalue weighted by atomic mass is 10.1. The van der Waals surface area contributed by atoms with Crippen LogP contribution in [-0.2, 0) is 9.84 Å². The molecule has 3 aromatic rings. The largest absolute Gasteiger partial charge is 0.365 e. The van der Waals surface area contributed by atoms with Gasteiger partial charge in [-0.05, 0) is 30.7 Å². The Balaban J connectivity index is 1.91. The molecule has 0 spiro atoms. The zero-order valence-corrected chi connectivity index (χ0v) is 15.6. The van der Waals surface area contributed by atoms with Gasteiger partial charge in [-0.15, -0.1) is 0 Å². The number of benzene rings is 1. The monoisotopic (exact) mass is 392 g/mol. The first kappa shape index (κ1) is 18.1. The maximum atomic E-state index is 11.7. The van der Waals surface area contributed by atoms with Crippen molar-refractivity contribution < 1.29 is 13.3 Å². The summed E-state index contributed by atoms with van der Waals surface area (Å²) < 4.78 is 25.1. The molecule has 0 aliphatic heterocycles. The lowest BCUT2D eigenvalue weighted by molar-refractivity contribution is -0.383. The molecule has 0 saturated heterocycles. The second kappa shape index (κ2) is 6.89. The third-order valence-corrected chi connectivity index (χ3v) is 6.60. The lowest BCUT2D eigenvalue weighted by Gasteiger charge is -2.15. The molecule has 10 heteroatoms. The Labute approximate surface area is 154 Å². The summed E-state index contributed by atoms with van der Waals surface area (Å²) in [5, 5.41) is 18.7. The molecule has 0 aliphatic carbocycles. The van der Waals surface area contributed by atoms with Crippen molar-refractivity contribution in [3.05, 3.63) is 64.5 Å². The molecule has 136 valence electrons. The van der Waals surface area contributed by atoms with Crippen molar-refractivity contribution in [1.29, 1.82) is 0 Å². The highest BCUT2D eigenvalue weighted by Crippen LogP contribution is 2.39. The second-order valence-corrected chi connectivity index (χ2v) is 9.02. The van der Waals surface area contributed by atoms with Gasteiger partial charge in [-0.2, -0.15) is 5.10 Å². The van der Waals surface area contributed by atoms with Gasteiger partial charge in [-0.25, -0.2) is 13.1 Å². The normalized spacial score (nSPS) is 12.7. The number of hydrogen-bond acceptors (Lipinski definition) is 7. The summed E-state index contributed by atoms with van der Waals surface area (Å²) in [4.78, 5) is 10.7. The van der Waals surface area contributed by atoms with E-state index < -0.39 is 14.8 Å². The van der Waals surface area contributed by atoms with Gasteiger partial charge in [0, 0.05) is 30.8 Å². The van der Waals surface area contributed by atoms with Gasteiger partial charge in [0.2, 0.25) is 0 Å². The molecule has 2 aromatic heterocycles. The van der Waals surface area contributed by atoms with Crippen LogP contribution >= 0.6 is 11.3 Å². The van der Waals surface area contributed by atoms with Crippen LogP contribution in [0.3, 0.4) is 0 Å². The van der Waals surface area contributed by atoms with Crippen LogP contribution in [0.25, 0.3) is 5.69 Å². The van der Waals surface area contributed by atoms with E-state index in [4.69, 9.17) is 0 Å². The van der Waals surface area contributed by atoms with Gasteiger partial charge in [0.05, 0.1) is 10.6 Å². The van der Waals surface area contributed by atoms with Crippen molar-refractivity contribution in [1.82, 2.24) is 9.78 Å². The van der Waals surface area contributed by atoms with Gasteiger partial charge >= 0.3 is 5.69 Å². The Kier molecular flexibility index (Phi) is 4.79. The maximum Gasteiger partial charge on any atom is 0.304 e. The molecule has 1 aromatic carbocycles. The topological polar surface area (TPSA) is 107 Å². The highest BCUT2D eigenvalue weighted by atomic mass is 32.2. The molecule has 8 nitrogen and oxygen atoms in total. The van der Waals surface area contributed by atoms with Crippen molar-refractivity contribution in [3.63, 3.8) is 0 Å². The van der Waals surface area contributed by atoms with Crippen LogP contribution in [-0.4, -0.2) is 29.4 Å². The molecule has 1 atom stereocenters. The van der Waals surface area contributed by atoms with Crippen LogP contribution < -0.4 is 5.32 Å². The molecule has 26 heavy (non-hydrogen) atoms. The van der Waals surface area contributed by atoms with Crippen LogP contribution in [0.4, 0.5) is 10.7 Å². The molecule has 0 radical (unpaired) electrons. The number of thiophene rings is 1. The Hall–Kier alpha value is -2.72. The lowest BCUT2D eigenvalue weighted by Crippen LogP contribution is -2.07. The number of rotatable bonds is 6. The van der Waals surface area contributed by atoms with E-state index in [0.717, 1.165) is 34.9 Å². The van der Waals surface area contributed by atoms with Crippen LogP contribution in [0, 0.1) is 10.1 Å². The molecule has 0 unspecified atom stereocenters. The van der Waals surface area contributed by atoms with Crippen LogP contribution in [0.15, 0.2) is 53.0 Å². The minimum Gasteiger partial charge on any atom is -0.365 e. The van der Waals surface area contributed by atoms with Crippen molar-refractivity contribution in [2.45, 2.75) is 17.2 Å². The molecule has 3 rings (SSSR count). The first-order chi connectivity index (χ1) is 12.3. The Bertz CT molecular complexity index is 1040. The molecule has 2 heterocycles. The van der Waals surface area contributed by atoms with Crippen molar-refractivity contribution in [3.8, 4) is 5.69 Å². The van der Waals surface area contributed by atoms with E-state index in [1.807, 2.05) is 43.5 Å². The third kappa shape index (κ3) is 3.75. The smallest absolute Gasteiger partial charge is 0.304 e. The predicted molar refractivity (Wildman–Crippen MR) is 99.7 cm³/mol. The van der Waals surface area contributed by atoms with Gasteiger partial charge < -0.3 is 5.32 Å². The first-order valence-corrected chi connectivity index (χ1v) is 10.3. The summed E-state index contributed by atoms with van der Waals surface area (Å²) in [5.41, 5.74) is 1.51. The van der Waals surface area contributed by atoms with E-state index >= 15 is 0 Å². The van der Waals surface area contributed by atoms with E-state index in [2.05, 4.69) is 10.4 Å². The van der Waals surface area contributed by atoms with Crippen molar-refractivity contribution in [2.75, 3.05) is 11.6 Å². The predicted octanol–water partition coefficient (Wildman–Crippen LogP) is 3.42. The quantitative estimate of drug-likeness (QED) is 0.509. The van der Waals surface area contributed by atoms with Gasteiger partial charge in [-0.3, -0.25) is 10.1 Å². The Morgan fingerprint density at radius 3 is 2.69 bits per heavy atom. The molecular formula is C16H16N4O4S2. The maximum absolute atomic E-state index is 11.7. The van der Waals surface area contributed by atoms with E-state index in [0.29, 0.717) is 0 Å². The van der Waals surface area contributed by atoms with Crippen molar-refractivity contribution >= 4 is 31.9 Å². The van der Waals surface area contributed by atoms with Crippen LogP contribution in [0.1, 0.15) is 18.5 Å².